The van der Waals surface area contributed by atoms with Gasteiger partial charge in [-0.1, -0.05) is 24.3 Å². The van der Waals surface area contributed by atoms with Gasteiger partial charge in [-0.25, -0.2) is 4.98 Å². The highest BCUT2D eigenvalue weighted by Crippen LogP contribution is 2.35. The van der Waals surface area contributed by atoms with E-state index in [0.717, 1.165) is 43.7 Å². The quantitative estimate of drug-likeness (QED) is 0.947. The van der Waals surface area contributed by atoms with Crippen LogP contribution in [-0.2, 0) is 24.2 Å². The molecular weight excluding hydrogens is 286 g/mol. The fourth-order valence-corrected chi connectivity index (χ4v) is 4.07. The summed E-state index contributed by atoms with van der Waals surface area (Å²) in [7, 11) is 0. The van der Waals surface area contributed by atoms with Crippen molar-refractivity contribution >= 4 is 5.91 Å². The molecule has 1 aliphatic heterocycles. The molecule has 2 aliphatic rings. The maximum Gasteiger partial charge on any atom is 0.220 e. The Morgan fingerprint density at radius 3 is 3.09 bits per heavy atom. The molecule has 120 valence electrons. The number of benzene rings is 1. The van der Waals surface area contributed by atoms with Crippen LogP contribution in [0.4, 0.5) is 0 Å². The van der Waals surface area contributed by atoms with E-state index in [1.54, 1.807) is 0 Å². The lowest BCUT2D eigenvalue weighted by Crippen LogP contribution is -2.41. The minimum absolute atomic E-state index is 0.192. The molecule has 4 rings (SSSR count). The molecule has 0 bridgehead atoms. The molecule has 1 aliphatic carbocycles. The Morgan fingerprint density at radius 1 is 1.30 bits per heavy atom. The third-order valence-corrected chi connectivity index (χ3v) is 5.17. The fourth-order valence-electron chi connectivity index (χ4n) is 4.07. The van der Waals surface area contributed by atoms with Crippen molar-refractivity contribution < 1.29 is 4.79 Å². The van der Waals surface area contributed by atoms with Gasteiger partial charge in [0.2, 0.25) is 5.91 Å². The van der Waals surface area contributed by atoms with Crippen LogP contribution in [0.2, 0.25) is 0 Å². The molecule has 4 heteroatoms. The summed E-state index contributed by atoms with van der Waals surface area (Å²) in [4.78, 5) is 17.0. The Bertz CT molecular complexity index is 734. The molecule has 1 aromatic carbocycles. The van der Waals surface area contributed by atoms with Gasteiger partial charge in [-0.05, 0) is 43.2 Å². The molecule has 23 heavy (non-hydrogen) atoms. The molecule has 0 saturated heterocycles. The van der Waals surface area contributed by atoms with Gasteiger partial charge in [0.05, 0.1) is 5.69 Å². The van der Waals surface area contributed by atoms with Crippen molar-refractivity contribution in [2.75, 3.05) is 0 Å². The molecule has 1 amide bonds. The van der Waals surface area contributed by atoms with Gasteiger partial charge in [0.1, 0.15) is 5.82 Å². The fraction of sp³-hybridized carbons (Fsp3) is 0.474. The van der Waals surface area contributed by atoms with Crippen LogP contribution in [0.1, 0.15) is 47.8 Å². The van der Waals surface area contributed by atoms with E-state index in [4.69, 9.17) is 0 Å². The van der Waals surface area contributed by atoms with E-state index < -0.39 is 0 Å². The van der Waals surface area contributed by atoms with Gasteiger partial charge in [0, 0.05) is 31.6 Å². The van der Waals surface area contributed by atoms with Crippen LogP contribution < -0.4 is 5.32 Å². The summed E-state index contributed by atoms with van der Waals surface area (Å²) in [6, 6.07) is 8.78. The number of carbonyl (C=O) groups excluding carboxylic acids is 1. The zero-order valence-corrected chi connectivity index (χ0v) is 13.6. The number of carbonyl (C=O) groups is 1. The van der Waals surface area contributed by atoms with E-state index in [1.807, 2.05) is 6.92 Å². The summed E-state index contributed by atoms with van der Waals surface area (Å²) in [5.41, 5.74) is 3.86. The van der Waals surface area contributed by atoms with Gasteiger partial charge >= 0.3 is 0 Å². The van der Waals surface area contributed by atoms with Gasteiger partial charge in [0.15, 0.2) is 0 Å². The van der Waals surface area contributed by atoms with Crippen molar-refractivity contribution in [3.63, 3.8) is 0 Å². The molecule has 0 saturated carbocycles. The minimum atomic E-state index is 0.192. The van der Waals surface area contributed by atoms with E-state index >= 15 is 0 Å². The van der Waals surface area contributed by atoms with E-state index in [1.165, 1.54) is 11.1 Å². The lowest BCUT2D eigenvalue weighted by Gasteiger charge is -2.25. The van der Waals surface area contributed by atoms with Crippen LogP contribution in [-0.4, -0.2) is 21.5 Å². The first-order chi connectivity index (χ1) is 11.2. The maximum absolute atomic E-state index is 12.5. The highest BCUT2D eigenvalue weighted by atomic mass is 16.1. The smallest absolute Gasteiger partial charge is 0.220 e. The van der Waals surface area contributed by atoms with Crippen molar-refractivity contribution in [2.45, 2.75) is 57.5 Å². The van der Waals surface area contributed by atoms with E-state index in [9.17, 15) is 4.79 Å². The second-order valence-corrected chi connectivity index (χ2v) is 6.89. The minimum Gasteiger partial charge on any atom is -0.352 e. The van der Waals surface area contributed by atoms with Crippen LogP contribution >= 0.6 is 0 Å². The van der Waals surface area contributed by atoms with Crippen LogP contribution in [0.5, 0.6) is 0 Å². The first-order valence-corrected chi connectivity index (χ1v) is 8.59. The van der Waals surface area contributed by atoms with Crippen molar-refractivity contribution in [1.82, 2.24) is 14.9 Å². The van der Waals surface area contributed by atoms with Crippen molar-refractivity contribution in [3.8, 4) is 0 Å². The highest BCUT2D eigenvalue weighted by molar-refractivity contribution is 5.77. The second-order valence-electron chi connectivity index (χ2n) is 6.89. The molecule has 4 nitrogen and oxygen atoms in total. The summed E-state index contributed by atoms with van der Waals surface area (Å²) in [6.45, 7) is 2.87. The molecule has 2 atom stereocenters. The van der Waals surface area contributed by atoms with E-state index in [-0.39, 0.29) is 11.9 Å². The summed E-state index contributed by atoms with van der Waals surface area (Å²) < 4.78 is 2.19. The number of hydrogen-bond donors (Lipinski definition) is 1. The number of rotatable bonds is 3. The van der Waals surface area contributed by atoms with Crippen LogP contribution in [0.25, 0.3) is 0 Å². The first kappa shape index (κ1) is 14.5. The van der Waals surface area contributed by atoms with Crippen LogP contribution in [0.15, 0.2) is 30.5 Å². The highest BCUT2D eigenvalue weighted by Gasteiger charge is 2.26. The summed E-state index contributed by atoms with van der Waals surface area (Å²) in [5.74, 6) is 1.73. The van der Waals surface area contributed by atoms with Crippen molar-refractivity contribution in [1.29, 1.82) is 0 Å². The van der Waals surface area contributed by atoms with Crippen LogP contribution in [0.3, 0.4) is 0 Å². The monoisotopic (exact) mass is 309 g/mol. The van der Waals surface area contributed by atoms with E-state index in [2.05, 4.69) is 45.3 Å². The SMILES string of the molecule is Cc1cn2c(n1)CC[C@H](NC(=O)C[C@H]1CCc3ccccc31)C2. The average Bonchev–Trinajstić information content (AvgIpc) is 3.10. The molecule has 1 aromatic heterocycles. The zero-order valence-electron chi connectivity index (χ0n) is 13.6. The molecule has 1 N–H and O–H groups in total. The van der Waals surface area contributed by atoms with Gasteiger partial charge in [0.25, 0.3) is 0 Å². The van der Waals surface area contributed by atoms with E-state index in [0.29, 0.717) is 12.3 Å². The summed E-state index contributed by atoms with van der Waals surface area (Å²) in [5, 5.41) is 3.24. The number of imidazole rings is 1. The lowest BCUT2D eigenvalue weighted by molar-refractivity contribution is -0.122. The Balaban J connectivity index is 1.36. The third kappa shape index (κ3) is 2.90. The number of aromatic nitrogens is 2. The molecule has 0 radical (unpaired) electrons. The van der Waals surface area contributed by atoms with Gasteiger partial charge in [-0.3, -0.25) is 4.79 Å². The molecule has 0 unspecified atom stereocenters. The number of hydrogen-bond acceptors (Lipinski definition) is 2. The van der Waals surface area contributed by atoms with Gasteiger partial charge < -0.3 is 9.88 Å². The Labute approximate surface area is 136 Å². The molecular formula is C19H23N3O. The molecule has 2 aromatic rings. The second kappa shape index (κ2) is 5.84. The maximum atomic E-state index is 12.5. The van der Waals surface area contributed by atoms with Crippen LogP contribution in [0, 0.1) is 6.92 Å². The first-order valence-electron chi connectivity index (χ1n) is 8.59. The topological polar surface area (TPSA) is 46.9 Å². The number of nitrogens with zero attached hydrogens (tertiary/aromatic N) is 2. The zero-order chi connectivity index (χ0) is 15.8. The van der Waals surface area contributed by atoms with Gasteiger partial charge in [-0.15, -0.1) is 0 Å². The Morgan fingerprint density at radius 2 is 2.17 bits per heavy atom. The standard InChI is InChI=1S/C19H23N3O/c1-13-11-22-12-16(8-9-18(22)20-13)21-19(23)10-15-7-6-14-4-2-3-5-17(14)15/h2-5,11,15-16H,6-10,12H2,1H3,(H,21,23)/t15-,16+/m1/s1. The van der Waals surface area contributed by atoms with Crippen molar-refractivity contribution in [2.24, 2.45) is 0 Å². The normalized spacial score (nSPS) is 22.5. The summed E-state index contributed by atoms with van der Waals surface area (Å²) in [6.07, 6.45) is 6.84. The Hall–Kier alpha value is -2.10. The molecule has 2 heterocycles. The number of amides is 1. The number of fused-ring (bicyclic) bond motifs is 2. The van der Waals surface area contributed by atoms with Gasteiger partial charge in [-0.2, -0.15) is 0 Å². The third-order valence-electron chi connectivity index (χ3n) is 5.17. The predicted molar refractivity (Wildman–Crippen MR) is 89.3 cm³/mol. The Kier molecular flexibility index (Phi) is 3.68. The summed E-state index contributed by atoms with van der Waals surface area (Å²) >= 11 is 0. The average molecular weight is 309 g/mol. The largest absolute Gasteiger partial charge is 0.352 e. The molecule has 0 spiro atoms. The molecule has 0 fully saturated rings. The predicted octanol–water partition coefficient (Wildman–Crippen LogP) is 2.74. The van der Waals surface area contributed by atoms with Crippen molar-refractivity contribution in [3.05, 3.63) is 53.1 Å². The number of nitrogens with one attached hydrogen (secondary N) is 1. The number of aryl methyl sites for hydroxylation is 3. The lowest BCUT2D eigenvalue weighted by atomic mass is 9.97.